The van der Waals surface area contributed by atoms with E-state index in [2.05, 4.69) is 32.6 Å². The van der Waals surface area contributed by atoms with Crippen LogP contribution in [0.1, 0.15) is 25.8 Å². The number of carbonyl (C=O) groups excluding carboxylic acids is 1. The monoisotopic (exact) mass is 336 g/mol. The van der Waals surface area contributed by atoms with Crippen molar-refractivity contribution >= 4 is 21.8 Å². The zero-order valence-electron chi connectivity index (χ0n) is 12.0. The van der Waals surface area contributed by atoms with Crippen LogP contribution in [0.2, 0.25) is 0 Å². The van der Waals surface area contributed by atoms with Gasteiger partial charge in [0.2, 0.25) is 5.91 Å². The summed E-state index contributed by atoms with van der Waals surface area (Å²) in [7, 11) is 0. The quantitative estimate of drug-likeness (QED) is 0.830. The highest BCUT2D eigenvalue weighted by atomic mass is 79.9. The Hall–Kier alpha value is -1.13. The Morgan fingerprint density at radius 3 is 2.65 bits per heavy atom. The van der Waals surface area contributed by atoms with Gasteiger partial charge in [0.1, 0.15) is 0 Å². The summed E-state index contributed by atoms with van der Waals surface area (Å²) >= 11 is 3.42. The molecule has 0 aliphatic carbocycles. The Morgan fingerprint density at radius 1 is 1.35 bits per heavy atom. The molecular weight excluding hydrogens is 316 g/mol. The molecule has 0 fully saturated rings. The molecule has 0 spiro atoms. The molecular formula is C16H21BrN2O. The number of hydrogen-bond donors (Lipinski definition) is 2. The highest BCUT2D eigenvalue weighted by Gasteiger charge is 2.29. The van der Waals surface area contributed by atoms with E-state index in [1.807, 2.05) is 38.1 Å². The maximum Gasteiger partial charge on any atom is 0.230 e. The molecule has 4 heteroatoms. The molecule has 1 aliphatic rings. The number of nitrogens with one attached hydrogen (secondary N) is 2. The number of rotatable bonds is 4. The van der Waals surface area contributed by atoms with Gasteiger partial charge in [-0.1, -0.05) is 39.7 Å². The van der Waals surface area contributed by atoms with Crippen LogP contribution in [0.3, 0.4) is 0 Å². The molecule has 0 saturated carbocycles. The van der Waals surface area contributed by atoms with Gasteiger partial charge < -0.3 is 10.6 Å². The molecule has 1 aliphatic heterocycles. The van der Waals surface area contributed by atoms with Crippen molar-refractivity contribution in [3.63, 3.8) is 0 Å². The van der Waals surface area contributed by atoms with Crippen LogP contribution in [0.25, 0.3) is 0 Å². The van der Waals surface area contributed by atoms with E-state index < -0.39 is 5.41 Å². The molecule has 2 N–H and O–H groups in total. The summed E-state index contributed by atoms with van der Waals surface area (Å²) in [5.74, 6) is 0.0688. The number of benzene rings is 1. The maximum atomic E-state index is 12.4. The van der Waals surface area contributed by atoms with E-state index in [9.17, 15) is 4.79 Å². The Labute approximate surface area is 129 Å². The number of carbonyl (C=O) groups is 1. The molecule has 0 aromatic heterocycles. The summed E-state index contributed by atoms with van der Waals surface area (Å²) in [6.45, 7) is 6.48. The van der Waals surface area contributed by atoms with Crippen LogP contribution >= 0.6 is 15.9 Å². The second-order valence-corrected chi connectivity index (χ2v) is 6.55. The Bertz CT molecular complexity index is 506. The second-order valence-electron chi connectivity index (χ2n) is 5.63. The number of halogens is 1. The molecule has 0 bridgehead atoms. The SMILES string of the molecule is CC(C)(C(=O)NCC1=CCNCC1)c1ccc(Br)cc1. The minimum atomic E-state index is -0.520. The first-order chi connectivity index (χ1) is 9.50. The normalized spacial score (nSPS) is 15.7. The highest BCUT2D eigenvalue weighted by molar-refractivity contribution is 9.10. The number of amides is 1. The van der Waals surface area contributed by atoms with Crippen molar-refractivity contribution in [3.8, 4) is 0 Å². The summed E-state index contributed by atoms with van der Waals surface area (Å²) in [6, 6.07) is 7.93. The molecule has 3 nitrogen and oxygen atoms in total. The maximum absolute atomic E-state index is 12.4. The molecule has 0 atom stereocenters. The lowest BCUT2D eigenvalue weighted by Crippen LogP contribution is -2.41. The van der Waals surface area contributed by atoms with Crippen molar-refractivity contribution in [2.45, 2.75) is 25.7 Å². The zero-order valence-corrected chi connectivity index (χ0v) is 13.6. The average molecular weight is 337 g/mol. The van der Waals surface area contributed by atoms with Crippen molar-refractivity contribution in [1.82, 2.24) is 10.6 Å². The van der Waals surface area contributed by atoms with Crippen LogP contribution in [0.5, 0.6) is 0 Å². The topological polar surface area (TPSA) is 41.1 Å². The summed E-state index contributed by atoms with van der Waals surface area (Å²) < 4.78 is 1.03. The fourth-order valence-electron chi connectivity index (χ4n) is 2.24. The largest absolute Gasteiger partial charge is 0.352 e. The van der Waals surface area contributed by atoms with Crippen LogP contribution in [-0.4, -0.2) is 25.5 Å². The Kier molecular flexibility index (Phi) is 5.00. The fourth-order valence-corrected chi connectivity index (χ4v) is 2.51. The van der Waals surface area contributed by atoms with E-state index in [4.69, 9.17) is 0 Å². The van der Waals surface area contributed by atoms with Crippen molar-refractivity contribution < 1.29 is 4.79 Å². The lowest BCUT2D eigenvalue weighted by Gasteiger charge is -2.25. The first kappa shape index (κ1) is 15.3. The van der Waals surface area contributed by atoms with Gasteiger partial charge in [0.05, 0.1) is 5.41 Å². The minimum Gasteiger partial charge on any atom is -0.352 e. The second kappa shape index (κ2) is 6.55. The van der Waals surface area contributed by atoms with Gasteiger partial charge in [-0.15, -0.1) is 0 Å². The summed E-state index contributed by atoms with van der Waals surface area (Å²) in [5, 5.41) is 6.33. The lowest BCUT2D eigenvalue weighted by molar-refractivity contribution is -0.125. The van der Waals surface area contributed by atoms with Crippen molar-refractivity contribution in [2.75, 3.05) is 19.6 Å². The van der Waals surface area contributed by atoms with Gasteiger partial charge in [-0.25, -0.2) is 0 Å². The third kappa shape index (κ3) is 3.70. The van der Waals surface area contributed by atoms with Crippen molar-refractivity contribution in [3.05, 3.63) is 46.0 Å². The summed E-state index contributed by atoms with van der Waals surface area (Å²) in [4.78, 5) is 12.4. The Morgan fingerprint density at radius 2 is 2.05 bits per heavy atom. The molecule has 0 saturated heterocycles. The summed E-state index contributed by atoms with van der Waals surface area (Å²) in [6.07, 6.45) is 3.18. The third-order valence-electron chi connectivity index (χ3n) is 3.77. The van der Waals surface area contributed by atoms with Gasteiger partial charge in [0, 0.05) is 17.6 Å². The zero-order chi connectivity index (χ0) is 14.6. The van der Waals surface area contributed by atoms with Crippen LogP contribution in [0.15, 0.2) is 40.4 Å². The minimum absolute atomic E-state index is 0.0688. The molecule has 0 unspecified atom stereocenters. The number of hydrogen-bond acceptors (Lipinski definition) is 2. The molecule has 108 valence electrons. The van der Waals surface area contributed by atoms with Gasteiger partial charge in [0.15, 0.2) is 0 Å². The van der Waals surface area contributed by atoms with E-state index in [-0.39, 0.29) is 5.91 Å². The van der Waals surface area contributed by atoms with E-state index in [1.54, 1.807) is 0 Å². The van der Waals surface area contributed by atoms with Gasteiger partial charge in [-0.3, -0.25) is 4.79 Å². The van der Waals surface area contributed by atoms with E-state index in [0.29, 0.717) is 6.54 Å². The van der Waals surface area contributed by atoms with E-state index in [1.165, 1.54) is 5.57 Å². The molecule has 1 heterocycles. The fraction of sp³-hybridized carbons (Fsp3) is 0.438. The molecule has 1 aromatic carbocycles. The van der Waals surface area contributed by atoms with Crippen molar-refractivity contribution in [2.24, 2.45) is 0 Å². The molecule has 20 heavy (non-hydrogen) atoms. The van der Waals surface area contributed by atoms with Gasteiger partial charge in [-0.2, -0.15) is 0 Å². The van der Waals surface area contributed by atoms with Crippen molar-refractivity contribution in [1.29, 1.82) is 0 Å². The highest BCUT2D eigenvalue weighted by Crippen LogP contribution is 2.25. The Balaban J connectivity index is 1.99. The predicted molar refractivity (Wildman–Crippen MR) is 85.7 cm³/mol. The average Bonchev–Trinajstić information content (AvgIpc) is 2.46. The first-order valence-electron chi connectivity index (χ1n) is 6.93. The molecule has 1 aromatic rings. The van der Waals surface area contributed by atoms with E-state index in [0.717, 1.165) is 29.5 Å². The standard InChI is InChI=1S/C16H21BrN2O/c1-16(2,13-3-5-14(17)6-4-13)15(20)19-11-12-7-9-18-10-8-12/h3-7,18H,8-11H2,1-2H3,(H,19,20). The molecule has 0 radical (unpaired) electrons. The van der Waals surface area contributed by atoms with Crippen LogP contribution in [0, 0.1) is 0 Å². The molecule has 1 amide bonds. The van der Waals surface area contributed by atoms with Crippen LogP contribution < -0.4 is 10.6 Å². The summed E-state index contributed by atoms with van der Waals surface area (Å²) in [5.41, 5.74) is 1.81. The molecule has 2 rings (SSSR count). The van der Waals surface area contributed by atoms with Gasteiger partial charge >= 0.3 is 0 Å². The van der Waals surface area contributed by atoms with E-state index >= 15 is 0 Å². The van der Waals surface area contributed by atoms with Gasteiger partial charge in [-0.05, 0) is 44.5 Å². The predicted octanol–water partition coefficient (Wildman–Crippen LogP) is 2.76. The van der Waals surface area contributed by atoms with Gasteiger partial charge in [0.25, 0.3) is 0 Å². The van der Waals surface area contributed by atoms with Crippen LogP contribution in [0.4, 0.5) is 0 Å². The third-order valence-corrected chi connectivity index (χ3v) is 4.30. The smallest absolute Gasteiger partial charge is 0.230 e. The lowest BCUT2D eigenvalue weighted by atomic mass is 9.83. The first-order valence-corrected chi connectivity index (χ1v) is 7.72. The van der Waals surface area contributed by atoms with Crippen LogP contribution in [-0.2, 0) is 10.2 Å².